The summed E-state index contributed by atoms with van der Waals surface area (Å²) in [4.78, 5) is 23.7. The first-order chi connectivity index (χ1) is 14.1. The number of β-amino-alcohol motifs (C(OH)–C–C–N with tert-alkyl or cyclic N) is 1. The van der Waals surface area contributed by atoms with Gasteiger partial charge in [-0.2, -0.15) is 5.10 Å². The van der Waals surface area contributed by atoms with Crippen molar-refractivity contribution in [1.29, 1.82) is 0 Å². The Bertz CT molecular complexity index is 1220. The molecule has 0 bridgehead atoms. The first-order valence-corrected chi connectivity index (χ1v) is 9.68. The molecule has 1 N–H and O–H groups in total. The van der Waals surface area contributed by atoms with Crippen molar-refractivity contribution in [2.45, 2.75) is 12.5 Å². The molecule has 0 spiro atoms. The van der Waals surface area contributed by atoms with Gasteiger partial charge in [-0.3, -0.25) is 19.4 Å². The number of aryl methyl sites for hydroxylation is 1. The van der Waals surface area contributed by atoms with Gasteiger partial charge in [0, 0.05) is 43.3 Å². The van der Waals surface area contributed by atoms with E-state index in [0.717, 1.165) is 27.6 Å². The van der Waals surface area contributed by atoms with E-state index < -0.39 is 6.10 Å². The minimum atomic E-state index is -0.569. The Labute approximate surface area is 167 Å². The van der Waals surface area contributed by atoms with Crippen LogP contribution < -0.4 is 0 Å². The van der Waals surface area contributed by atoms with Crippen molar-refractivity contribution in [3.8, 4) is 0 Å². The number of aromatic nitrogens is 4. The van der Waals surface area contributed by atoms with Crippen molar-refractivity contribution in [1.82, 2.24) is 24.6 Å². The smallest absolute Gasteiger partial charge is 0.255 e. The van der Waals surface area contributed by atoms with Crippen LogP contribution in [0.2, 0.25) is 0 Å². The average molecular weight is 387 g/mol. The molecule has 0 unspecified atom stereocenters. The van der Waals surface area contributed by atoms with E-state index in [4.69, 9.17) is 4.98 Å². The Morgan fingerprint density at radius 1 is 1.14 bits per heavy atom. The highest BCUT2D eigenvalue weighted by Gasteiger charge is 2.34. The number of carbonyl (C=O) groups excluding carboxylic acids is 1. The van der Waals surface area contributed by atoms with Crippen molar-refractivity contribution in [3.63, 3.8) is 0 Å². The molecule has 29 heavy (non-hydrogen) atoms. The molecule has 1 amide bonds. The van der Waals surface area contributed by atoms with Crippen LogP contribution in [0.25, 0.3) is 21.9 Å². The number of amides is 1. The summed E-state index contributed by atoms with van der Waals surface area (Å²) in [5.74, 6) is -0.158. The molecule has 7 nitrogen and oxygen atoms in total. The zero-order valence-electron chi connectivity index (χ0n) is 16.1. The molecule has 3 aromatic heterocycles. The number of aliphatic hydroxyl groups is 1. The molecule has 4 heterocycles. The number of benzene rings is 1. The third-order valence-corrected chi connectivity index (χ3v) is 5.67. The van der Waals surface area contributed by atoms with E-state index in [1.165, 1.54) is 0 Å². The number of fused-ring (bicyclic) bond motifs is 2. The number of hydrogen-bond donors (Lipinski definition) is 1. The second-order valence-corrected chi connectivity index (χ2v) is 7.63. The van der Waals surface area contributed by atoms with E-state index in [1.807, 2.05) is 43.4 Å². The second-order valence-electron chi connectivity index (χ2n) is 7.63. The summed E-state index contributed by atoms with van der Waals surface area (Å²) >= 11 is 0. The molecule has 1 aliphatic heterocycles. The third-order valence-electron chi connectivity index (χ3n) is 5.67. The average Bonchev–Trinajstić information content (AvgIpc) is 3.30. The molecule has 2 atom stereocenters. The first kappa shape index (κ1) is 17.8. The molecule has 1 aliphatic rings. The summed E-state index contributed by atoms with van der Waals surface area (Å²) in [6.07, 6.45) is 3.32. The molecule has 7 heteroatoms. The molecule has 0 aliphatic carbocycles. The van der Waals surface area contributed by atoms with Gasteiger partial charge in [0.1, 0.15) is 5.52 Å². The van der Waals surface area contributed by atoms with Crippen molar-refractivity contribution < 1.29 is 9.90 Å². The number of para-hydroxylation sites is 1. The van der Waals surface area contributed by atoms with Gasteiger partial charge in [-0.1, -0.05) is 24.3 Å². The van der Waals surface area contributed by atoms with Gasteiger partial charge in [-0.05, 0) is 24.6 Å². The number of aliphatic hydroxyl groups excluding tert-OH is 1. The fourth-order valence-corrected chi connectivity index (χ4v) is 4.04. The predicted octanol–water partition coefficient (Wildman–Crippen LogP) is 2.19. The van der Waals surface area contributed by atoms with Gasteiger partial charge in [0.15, 0.2) is 0 Å². The molecular formula is C22H21N5O2. The van der Waals surface area contributed by atoms with Gasteiger partial charge < -0.3 is 10.0 Å². The number of pyridine rings is 2. The zero-order chi connectivity index (χ0) is 20.0. The van der Waals surface area contributed by atoms with Gasteiger partial charge in [0.05, 0.1) is 28.9 Å². The first-order valence-electron chi connectivity index (χ1n) is 9.68. The molecule has 1 saturated heterocycles. The van der Waals surface area contributed by atoms with Crippen LogP contribution in [0.1, 0.15) is 16.1 Å². The fraction of sp³-hybridized carbons (Fsp3) is 0.273. The normalized spacial score (nSPS) is 19.3. The van der Waals surface area contributed by atoms with E-state index in [0.29, 0.717) is 25.1 Å². The molecule has 1 fully saturated rings. The van der Waals surface area contributed by atoms with Gasteiger partial charge in [-0.25, -0.2) is 0 Å². The molecule has 4 aromatic rings. The summed E-state index contributed by atoms with van der Waals surface area (Å²) in [5.41, 5.74) is 3.96. The standard InChI is InChI=1S/C22H21N5O2/c1-26-20-9-15(10-23-19(20)11-24-26)22(29)27-12-16(21(28)13-27)8-17-7-6-14-4-2-3-5-18(14)25-17/h2-7,9-11,16,21,28H,8,12-13H2,1H3/t16-,21-/m1/s1. The number of hydrogen-bond acceptors (Lipinski definition) is 5. The Hall–Kier alpha value is -3.32. The van der Waals surface area contributed by atoms with Gasteiger partial charge in [-0.15, -0.1) is 0 Å². The minimum Gasteiger partial charge on any atom is -0.391 e. The monoisotopic (exact) mass is 387 g/mol. The summed E-state index contributed by atoms with van der Waals surface area (Å²) < 4.78 is 1.70. The zero-order valence-corrected chi connectivity index (χ0v) is 16.1. The van der Waals surface area contributed by atoms with Crippen LogP contribution in [0.4, 0.5) is 0 Å². The molecule has 5 rings (SSSR count). The highest BCUT2D eigenvalue weighted by Crippen LogP contribution is 2.24. The maximum atomic E-state index is 13.0. The SMILES string of the molecule is Cn1ncc2ncc(C(=O)N3C[C@@H](Cc4ccc5ccccc5n4)[C@H](O)C3)cc21. The van der Waals surface area contributed by atoms with E-state index in [1.54, 1.807) is 22.0 Å². The lowest BCUT2D eigenvalue weighted by atomic mass is 9.99. The maximum absolute atomic E-state index is 13.0. The number of rotatable bonds is 3. The lowest BCUT2D eigenvalue weighted by molar-refractivity contribution is 0.0764. The quantitative estimate of drug-likeness (QED) is 0.583. The minimum absolute atomic E-state index is 0.0407. The van der Waals surface area contributed by atoms with E-state index in [9.17, 15) is 9.90 Å². The van der Waals surface area contributed by atoms with E-state index >= 15 is 0 Å². The number of carbonyl (C=O) groups is 1. The second kappa shape index (κ2) is 6.93. The predicted molar refractivity (Wildman–Crippen MR) is 109 cm³/mol. The topological polar surface area (TPSA) is 84.1 Å². The molecule has 0 radical (unpaired) electrons. The van der Waals surface area contributed by atoms with Gasteiger partial charge in [0.25, 0.3) is 5.91 Å². The highest BCUT2D eigenvalue weighted by molar-refractivity contribution is 5.96. The number of likely N-dealkylation sites (tertiary alicyclic amines) is 1. The molecular weight excluding hydrogens is 366 g/mol. The molecule has 0 saturated carbocycles. The summed E-state index contributed by atoms with van der Waals surface area (Å²) in [5, 5.41) is 15.8. The summed E-state index contributed by atoms with van der Waals surface area (Å²) in [6.45, 7) is 0.818. The van der Waals surface area contributed by atoms with Crippen LogP contribution in [0.15, 0.2) is 54.9 Å². The van der Waals surface area contributed by atoms with Crippen LogP contribution in [-0.2, 0) is 13.5 Å². The Morgan fingerprint density at radius 2 is 2.00 bits per heavy atom. The van der Waals surface area contributed by atoms with Crippen LogP contribution in [0.3, 0.4) is 0 Å². The molecule has 1 aromatic carbocycles. The van der Waals surface area contributed by atoms with E-state index in [-0.39, 0.29) is 11.8 Å². The maximum Gasteiger partial charge on any atom is 0.255 e. The van der Waals surface area contributed by atoms with Crippen molar-refractivity contribution in [3.05, 3.63) is 66.1 Å². The van der Waals surface area contributed by atoms with E-state index in [2.05, 4.69) is 16.1 Å². The Morgan fingerprint density at radius 3 is 2.90 bits per heavy atom. The highest BCUT2D eigenvalue weighted by atomic mass is 16.3. The lowest BCUT2D eigenvalue weighted by Gasteiger charge is -2.16. The van der Waals surface area contributed by atoms with Crippen molar-refractivity contribution >= 4 is 27.8 Å². The van der Waals surface area contributed by atoms with Crippen LogP contribution in [0, 0.1) is 5.92 Å². The summed E-state index contributed by atoms with van der Waals surface area (Å²) in [7, 11) is 1.82. The Balaban J connectivity index is 1.33. The largest absolute Gasteiger partial charge is 0.391 e. The third kappa shape index (κ3) is 3.23. The van der Waals surface area contributed by atoms with Crippen LogP contribution >= 0.6 is 0 Å². The Kier molecular flexibility index (Phi) is 4.24. The van der Waals surface area contributed by atoms with Crippen LogP contribution in [-0.4, -0.2) is 54.9 Å². The van der Waals surface area contributed by atoms with Crippen molar-refractivity contribution in [2.24, 2.45) is 13.0 Å². The van der Waals surface area contributed by atoms with Crippen LogP contribution in [0.5, 0.6) is 0 Å². The number of nitrogens with zero attached hydrogens (tertiary/aromatic N) is 5. The van der Waals surface area contributed by atoms with Crippen molar-refractivity contribution in [2.75, 3.05) is 13.1 Å². The summed E-state index contributed by atoms with van der Waals surface area (Å²) in [6, 6.07) is 13.8. The van der Waals surface area contributed by atoms with Gasteiger partial charge >= 0.3 is 0 Å². The molecule has 146 valence electrons. The fourth-order valence-electron chi connectivity index (χ4n) is 4.04. The van der Waals surface area contributed by atoms with Gasteiger partial charge in [0.2, 0.25) is 0 Å². The lowest BCUT2D eigenvalue weighted by Crippen LogP contribution is -2.29.